The second kappa shape index (κ2) is 5.92. The molecule has 0 aliphatic carbocycles. The van der Waals surface area contributed by atoms with Gasteiger partial charge in [-0.25, -0.2) is 0 Å². The van der Waals surface area contributed by atoms with Gasteiger partial charge >= 0.3 is 0 Å². The van der Waals surface area contributed by atoms with E-state index in [1.165, 1.54) is 0 Å². The molecule has 104 valence electrons. The van der Waals surface area contributed by atoms with Crippen LogP contribution >= 0.6 is 15.9 Å². The molecule has 1 atom stereocenters. The van der Waals surface area contributed by atoms with E-state index in [1.54, 1.807) is 25.3 Å². The second-order valence-corrected chi connectivity index (χ2v) is 5.79. The van der Waals surface area contributed by atoms with Gasteiger partial charge < -0.3 is 14.8 Å². The number of halogens is 1. The monoisotopic (exact) mass is 327 g/mol. The smallest absolute Gasteiger partial charge is 0.251 e. The summed E-state index contributed by atoms with van der Waals surface area (Å²) in [5, 5.41) is 2.92. The molecule has 1 amide bonds. The SMILES string of the molecule is COc1ccc(C(=O)NCC2(C)CCCO2)cc1Br. The van der Waals surface area contributed by atoms with Crippen molar-refractivity contribution in [1.82, 2.24) is 5.32 Å². The number of benzene rings is 1. The van der Waals surface area contributed by atoms with E-state index in [4.69, 9.17) is 9.47 Å². The van der Waals surface area contributed by atoms with Gasteiger partial charge in [0.25, 0.3) is 5.91 Å². The highest BCUT2D eigenvalue weighted by Gasteiger charge is 2.30. The van der Waals surface area contributed by atoms with Crippen LogP contribution in [0.1, 0.15) is 30.1 Å². The lowest BCUT2D eigenvalue weighted by Crippen LogP contribution is -2.40. The summed E-state index contributed by atoms with van der Waals surface area (Å²) >= 11 is 3.37. The topological polar surface area (TPSA) is 47.6 Å². The molecule has 1 N–H and O–H groups in total. The zero-order valence-electron chi connectivity index (χ0n) is 11.2. The molecule has 1 unspecified atom stereocenters. The van der Waals surface area contributed by atoms with Gasteiger partial charge in [-0.2, -0.15) is 0 Å². The Kier molecular flexibility index (Phi) is 4.47. The third-order valence-electron chi connectivity index (χ3n) is 3.34. The molecule has 1 aromatic carbocycles. The van der Waals surface area contributed by atoms with Crippen molar-refractivity contribution < 1.29 is 14.3 Å². The number of carbonyl (C=O) groups excluding carboxylic acids is 1. The Morgan fingerprint density at radius 3 is 2.95 bits per heavy atom. The molecule has 1 saturated heterocycles. The lowest BCUT2D eigenvalue weighted by atomic mass is 10.0. The zero-order chi connectivity index (χ0) is 13.9. The van der Waals surface area contributed by atoms with Crippen LogP contribution in [0.2, 0.25) is 0 Å². The van der Waals surface area contributed by atoms with E-state index in [1.807, 2.05) is 6.92 Å². The van der Waals surface area contributed by atoms with Crippen LogP contribution in [0.5, 0.6) is 5.75 Å². The highest BCUT2D eigenvalue weighted by molar-refractivity contribution is 9.10. The standard InChI is InChI=1S/C14H18BrNO3/c1-14(6-3-7-19-14)9-16-13(17)10-4-5-12(18-2)11(15)8-10/h4-5,8H,3,6-7,9H2,1-2H3,(H,16,17). The molecule has 1 aliphatic heterocycles. The van der Waals surface area contributed by atoms with Crippen LogP contribution in [0.25, 0.3) is 0 Å². The summed E-state index contributed by atoms with van der Waals surface area (Å²) in [6, 6.07) is 5.27. The van der Waals surface area contributed by atoms with Gasteiger partial charge in [0.05, 0.1) is 17.2 Å². The number of ether oxygens (including phenoxy) is 2. The largest absolute Gasteiger partial charge is 0.496 e. The summed E-state index contributed by atoms with van der Waals surface area (Å²) in [6.45, 7) is 3.35. The molecule has 0 bridgehead atoms. The van der Waals surface area contributed by atoms with Crippen LogP contribution in [0.4, 0.5) is 0 Å². The van der Waals surface area contributed by atoms with Crippen LogP contribution in [-0.4, -0.2) is 31.8 Å². The lowest BCUT2D eigenvalue weighted by molar-refractivity contribution is 0.0206. The maximum atomic E-state index is 12.1. The van der Waals surface area contributed by atoms with E-state index < -0.39 is 0 Å². The van der Waals surface area contributed by atoms with Crippen molar-refractivity contribution in [2.24, 2.45) is 0 Å². The molecule has 4 nitrogen and oxygen atoms in total. The fourth-order valence-corrected chi connectivity index (χ4v) is 2.69. The van der Waals surface area contributed by atoms with E-state index in [0.717, 1.165) is 23.9 Å². The highest BCUT2D eigenvalue weighted by atomic mass is 79.9. The van der Waals surface area contributed by atoms with Crippen LogP contribution in [0.15, 0.2) is 22.7 Å². The third-order valence-corrected chi connectivity index (χ3v) is 3.96. The van der Waals surface area contributed by atoms with Gasteiger partial charge in [-0.05, 0) is 53.9 Å². The Balaban J connectivity index is 1.98. The van der Waals surface area contributed by atoms with Gasteiger partial charge in [0, 0.05) is 18.7 Å². The van der Waals surface area contributed by atoms with Crippen molar-refractivity contribution in [2.45, 2.75) is 25.4 Å². The molecule has 19 heavy (non-hydrogen) atoms. The molecule has 5 heteroatoms. The molecule has 1 aromatic rings. The molecule has 0 aromatic heterocycles. The predicted octanol–water partition coefficient (Wildman–Crippen LogP) is 2.76. The molecule has 0 spiro atoms. The Morgan fingerprint density at radius 2 is 2.37 bits per heavy atom. The summed E-state index contributed by atoms with van der Waals surface area (Å²) in [5.41, 5.74) is 0.383. The first-order valence-electron chi connectivity index (χ1n) is 6.30. The fraction of sp³-hybridized carbons (Fsp3) is 0.500. The average Bonchev–Trinajstić information content (AvgIpc) is 2.83. The summed E-state index contributed by atoms with van der Waals surface area (Å²) in [5.74, 6) is 0.614. The molecule has 0 radical (unpaired) electrons. The van der Waals surface area contributed by atoms with E-state index in [0.29, 0.717) is 17.9 Å². The van der Waals surface area contributed by atoms with Crippen LogP contribution in [-0.2, 0) is 4.74 Å². The minimum absolute atomic E-state index is 0.0971. The normalized spacial score (nSPS) is 22.3. The van der Waals surface area contributed by atoms with Crippen LogP contribution in [0, 0.1) is 0 Å². The number of hydrogen-bond acceptors (Lipinski definition) is 3. The lowest BCUT2D eigenvalue weighted by Gasteiger charge is -2.23. The number of carbonyl (C=O) groups is 1. The van der Waals surface area contributed by atoms with E-state index in [2.05, 4.69) is 21.2 Å². The molecular weight excluding hydrogens is 310 g/mol. The van der Waals surface area contributed by atoms with Gasteiger partial charge in [0.1, 0.15) is 5.75 Å². The quantitative estimate of drug-likeness (QED) is 0.925. The van der Waals surface area contributed by atoms with Crippen LogP contribution < -0.4 is 10.1 Å². The second-order valence-electron chi connectivity index (χ2n) is 4.93. The van der Waals surface area contributed by atoms with Crippen molar-refractivity contribution >= 4 is 21.8 Å². The summed E-state index contributed by atoms with van der Waals surface area (Å²) in [6.07, 6.45) is 2.04. The van der Waals surface area contributed by atoms with Gasteiger partial charge in [-0.1, -0.05) is 0 Å². The number of amides is 1. The Morgan fingerprint density at radius 1 is 1.58 bits per heavy atom. The van der Waals surface area contributed by atoms with Gasteiger partial charge in [0.15, 0.2) is 0 Å². The van der Waals surface area contributed by atoms with Crippen LogP contribution in [0.3, 0.4) is 0 Å². The number of methoxy groups -OCH3 is 1. The van der Waals surface area contributed by atoms with E-state index in [-0.39, 0.29) is 11.5 Å². The average molecular weight is 328 g/mol. The third kappa shape index (κ3) is 3.48. The van der Waals surface area contributed by atoms with Crippen molar-refractivity contribution in [3.8, 4) is 5.75 Å². The predicted molar refractivity (Wildman–Crippen MR) is 76.6 cm³/mol. The van der Waals surface area contributed by atoms with Gasteiger partial charge in [0.2, 0.25) is 0 Å². The number of hydrogen-bond donors (Lipinski definition) is 1. The molecule has 1 heterocycles. The Bertz CT molecular complexity index is 470. The molecule has 1 fully saturated rings. The van der Waals surface area contributed by atoms with Crippen molar-refractivity contribution in [3.63, 3.8) is 0 Å². The van der Waals surface area contributed by atoms with Gasteiger partial charge in [-0.3, -0.25) is 4.79 Å². The first kappa shape index (κ1) is 14.3. The van der Waals surface area contributed by atoms with Crippen molar-refractivity contribution in [3.05, 3.63) is 28.2 Å². The number of rotatable bonds is 4. The fourth-order valence-electron chi connectivity index (χ4n) is 2.15. The van der Waals surface area contributed by atoms with E-state index >= 15 is 0 Å². The Hall–Kier alpha value is -1.07. The zero-order valence-corrected chi connectivity index (χ0v) is 12.7. The summed E-state index contributed by atoms with van der Waals surface area (Å²) in [7, 11) is 1.60. The van der Waals surface area contributed by atoms with Gasteiger partial charge in [-0.15, -0.1) is 0 Å². The Labute approximate surface area is 121 Å². The molecule has 0 saturated carbocycles. The van der Waals surface area contributed by atoms with Crippen molar-refractivity contribution in [1.29, 1.82) is 0 Å². The van der Waals surface area contributed by atoms with E-state index in [9.17, 15) is 4.79 Å². The minimum atomic E-state index is -0.223. The highest BCUT2D eigenvalue weighted by Crippen LogP contribution is 2.26. The minimum Gasteiger partial charge on any atom is -0.496 e. The number of nitrogens with one attached hydrogen (secondary N) is 1. The molecule has 2 rings (SSSR count). The molecule has 1 aliphatic rings. The summed E-state index contributed by atoms with van der Waals surface area (Å²) in [4.78, 5) is 12.1. The maximum Gasteiger partial charge on any atom is 0.251 e. The molecular formula is C14H18BrNO3. The summed E-state index contributed by atoms with van der Waals surface area (Å²) < 4.78 is 11.6. The first-order chi connectivity index (χ1) is 9.04. The first-order valence-corrected chi connectivity index (χ1v) is 7.09. The maximum absolute atomic E-state index is 12.1. The van der Waals surface area contributed by atoms with Crippen molar-refractivity contribution in [2.75, 3.05) is 20.3 Å².